The molecule has 7 heteroatoms. The van der Waals surface area contributed by atoms with Crippen molar-refractivity contribution in [2.45, 2.75) is 218 Å². The van der Waals surface area contributed by atoms with Crippen molar-refractivity contribution in [3.8, 4) is 0 Å². The molecule has 0 aliphatic heterocycles. The molecule has 0 amide bonds. The Labute approximate surface area is 344 Å². The highest BCUT2D eigenvalue weighted by Gasteiger charge is 2.14. The van der Waals surface area contributed by atoms with Crippen molar-refractivity contribution in [2.24, 2.45) is 0 Å². The number of benzene rings is 1. The average molecular weight is 784 g/mol. The highest BCUT2D eigenvalue weighted by Crippen LogP contribution is 2.19. The highest BCUT2D eigenvalue weighted by molar-refractivity contribution is 5.70. The van der Waals surface area contributed by atoms with Crippen LogP contribution >= 0.6 is 0 Å². The molecule has 0 aliphatic carbocycles. The summed E-state index contributed by atoms with van der Waals surface area (Å²) >= 11 is 0. The molecule has 0 heterocycles. The fourth-order valence-corrected chi connectivity index (χ4v) is 7.25. The van der Waals surface area contributed by atoms with Gasteiger partial charge in [-0.15, -0.1) is 0 Å². The van der Waals surface area contributed by atoms with E-state index in [2.05, 4.69) is 11.5 Å². The number of unbranched alkanes of at least 4 members (excludes halogenated alkanes) is 24. The zero-order valence-electron chi connectivity index (χ0n) is 36.4. The molecule has 0 fully saturated rings. The third-order valence-electron chi connectivity index (χ3n) is 10.7. The first-order valence-electron chi connectivity index (χ1n) is 23.2. The number of ether oxygens (including phenoxy) is 3. The fourth-order valence-electron chi connectivity index (χ4n) is 7.25. The summed E-state index contributed by atoms with van der Waals surface area (Å²) in [4.78, 5) is 38.2. The summed E-state index contributed by atoms with van der Waals surface area (Å²) < 4.78 is 16.4. The lowest BCUT2D eigenvalue weighted by atomic mass is 10.0. The van der Waals surface area contributed by atoms with E-state index in [-0.39, 0.29) is 24.0 Å². The van der Waals surface area contributed by atoms with Crippen LogP contribution in [0, 0.1) is 0 Å². The van der Waals surface area contributed by atoms with E-state index in [0.29, 0.717) is 32.5 Å². The molecule has 1 atom stereocenters. The lowest BCUT2D eigenvalue weighted by molar-refractivity contribution is -0.150. The van der Waals surface area contributed by atoms with Gasteiger partial charge < -0.3 is 19.1 Å². The van der Waals surface area contributed by atoms with Gasteiger partial charge in [0.15, 0.2) is 0 Å². The first-order chi connectivity index (χ1) is 27.4. The van der Waals surface area contributed by atoms with Gasteiger partial charge in [-0.3, -0.25) is 14.4 Å². The standard InChI is InChI=1S/C49H85NO6/c1-4-43-54-47(51)39-32-25-21-17-13-9-5-7-11-15-19-23-30-37-46(56-49(53)41-34-42-50(2)3)38-31-24-20-16-12-8-6-10-14-18-22-26-33-40-48(52)55-44-45-35-28-27-29-36-45/h4,27-29,35-36,46H,1,5-26,30-34,37-44H2,2-3H3. The molecule has 56 heavy (non-hydrogen) atoms. The zero-order valence-corrected chi connectivity index (χ0v) is 36.4. The van der Waals surface area contributed by atoms with Crippen LogP contribution in [0.4, 0.5) is 0 Å². The molecule has 0 saturated carbocycles. The van der Waals surface area contributed by atoms with Gasteiger partial charge in [-0.1, -0.05) is 184 Å². The molecule has 1 aromatic rings. The quantitative estimate of drug-likeness (QED) is 0.0283. The van der Waals surface area contributed by atoms with Gasteiger partial charge in [-0.05, 0) is 71.1 Å². The summed E-state index contributed by atoms with van der Waals surface area (Å²) in [5, 5.41) is 0. The molecule has 0 spiro atoms. The summed E-state index contributed by atoms with van der Waals surface area (Å²) in [7, 11) is 4.10. The Morgan fingerprint density at radius 3 is 1.30 bits per heavy atom. The monoisotopic (exact) mass is 784 g/mol. The largest absolute Gasteiger partial charge is 0.462 e. The molecule has 1 rings (SSSR count). The molecule has 322 valence electrons. The highest BCUT2D eigenvalue weighted by atomic mass is 16.5. The zero-order chi connectivity index (χ0) is 40.6. The van der Waals surface area contributed by atoms with E-state index in [0.717, 1.165) is 69.9 Å². The molecule has 1 aromatic carbocycles. The number of esters is 3. The van der Waals surface area contributed by atoms with Crippen molar-refractivity contribution in [1.29, 1.82) is 0 Å². The molecule has 0 saturated heterocycles. The van der Waals surface area contributed by atoms with Crippen LogP contribution < -0.4 is 0 Å². The topological polar surface area (TPSA) is 82.1 Å². The van der Waals surface area contributed by atoms with Crippen LogP contribution in [0.1, 0.15) is 211 Å². The number of hydrogen-bond donors (Lipinski definition) is 0. The molecule has 0 bridgehead atoms. The Morgan fingerprint density at radius 2 is 0.893 bits per heavy atom. The molecular weight excluding hydrogens is 699 g/mol. The maximum absolute atomic E-state index is 12.6. The lowest BCUT2D eigenvalue weighted by Crippen LogP contribution is -2.20. The average Bonchev–Trinajstić information content (AvgIpc) is 3.19. The van der Waals surface area contributed by atoms with E-state index >= 15 is 0 Å². The van der Waals surface area contributed by atoms with Crippen molar-refractivity contribution in [2.75, 3.05) is 27.2 Å². The van der Waals surface area contributed by atoms with E-state index in [4.69, 9.17) is 14.2 Å². The van der Waals surface area contributed by atoms with Crippen LogP contribution in [0.15, 0.2) is 43.0 Å². The first-order valence-corrected chi connectivity index (χ1v) is 23.2. The minimum Gasteiger partial charge on any atom is -0.462 e. The van der Waals surface area contributed by atoms with Gasteiger partial charge in [0.2, 0.25) is 0 Å². The van der Waals surface area contributed by atoms with Gasteiger partial charge >= 0.3 is 17.9 Å². The Hall–Kier alpha value is -2.67. The molecule has 0 aliphatic rings. The summed E-state index contributed by atoms with van der Waals surface area (Å²) in [6.07, 6.45) is 38.4. The van der Waals surface area contributed by atoms with Crippen molar-refractivity contribution < 1.29 is 28.6 Å². The van der Waals surface area contributed by atoms with E-state index in [9.17, 15) is 14.4 Å². The third kappa shape index (κ3) is 35.7. The van der Waals surface area contributed by atoms with Crippen molar-refractivity contribution in [3.05, 3.63) is 48.6 Å². The second kappa shape index (κ2) is 39.2. The van der Waals surface area contributed by atoms with Gasteiger partial charge in [0.25, 0.3) is 0 Å². The van der Waals surface area contributed by atoms with Crippen LogP contribution in [0.5, 0.6) is 0 Å². The lowest BCUT2D eigenvalue weighted by Gasteiger charge is -2.18. The number of hydrogen-bond acceptors (Lipinski definition) is 7. The Morgan fingerprint density at radius 1 is 0.518 bits per heavy atom. The first kappa shape index (κ1) is 51.3. The normalized spacial score (nSPS) is 11.8. The van der Waals surface area contributed by atoms with E-state index in [1.54, 1.807) is 6.08 Å². The SMILES string of the molecule is C=CCOC(=O)CCCCCCCCCCCCCCCC(CCCCCCCCCCCCCCCC(=O)OCc1ccccc1)OC(=O)CCCN(C)C. The second-order valence-electron chi connectivity index (χ2n) is 16.4. The van der Waals surface area contributed by atoms with Crippen LogP contribution in [0.3, 0.4) is 0 Å². The summed E-state index contributed by atoms with van der Waals surface area (Å²) in [5.74, 6) is -0.201. The van der Waals surface area contributed by atoms with Gasteiger partial charge in [-0.2, -0.15) is 0 Å². The molecule has 0 N–H and O–H groups in total. The van der Waals surface area contributed by atoms with Crippen LogP contribution in [-0.4, -0.2) is 56.2 Å². The maximum atomic E-state index is 12.6. The van der Waals surface area contributed by atoms with Crippen molar-refractivity contribution >= 4 is 17.9 Å². The number of nitrogens with zero attached hydrogens (tertiary/aromatic N) is 1. The predicted octanol–water partition coefficient (Wildman–Crippen LogP) is 13.4. The minimum atomic E-state index is -0.105. The molecular formula is C49H85NO6. The Kier molecular flexibility index (Phi) is 35.9. The van der Waals surface area contributed by atoms with Gasteiger partial charge in [0.05, 0.1) is 0 Å². The van der Waals surface area contributed by atoms with Gasteiger partial charge in [0.1, 0.15) is 19.3 Å². The number of carbonyl (C=O) groups excluding carboxylic acids is 3. The third-order valence-corrected chi connectivity index (χ3v) is 10.7. The Bertz CT molecular complexity index is 1060. The summed E-state index contributed by atoms with van der Waals surface area (Å²) in [6, 6.07) is 9.87. The van der Waals surface area contributed by atoms with E-state index < -0.39 is 0 Å². The van der Waals surface area contributed by atoms with Gasteiger partial charge in [0, 0.05) is 19.3 Å². The van der Waals surface area contributed by atoms with Crippen molar-refractivity contribution in [3.63, 3.8) is 0 Å². The van der Waals surface area contributed by atoms with Crippen LogP contribution in [-0.2, 0) is 35.2 Å². The minimum absolute atomic E-state index is 0.0139. The molecule has 0 radical (unpaired) electrons. The summed E-state index contributed by atoms with van der Waals surface area (Å²) in [5.41, 5.74) is 1.04. The fraction of sp³-hybridized carbons (Fsp3) is 0.776. The number of rotatable bonds is 41. The second-order valence-corrected chi connectivity index (χ2v) is 16.4. The molecule has 1 unspecified atom stereocenters. The van der Waals surface area contributed by atoms with E-state index in [1.165, 1.54) is 128 Å². The predicted molar refractivity (Wildman–Crippen MR) is 234 cm³/mol. The maximum Gasteiger partial charge on any atom is 0.306 e. The molecule has 7 nitrogen and oxygen atoms in total. The molecule has 0 aromatic heterocycles. The number of carbonyl (C=O) groups is 3. The van der Waals surface area contributed by atoms with E-state index in [1.807, 2.05) is 44.4 Å². The van der Waals surface area contributed by atoms with Crippen molar-refractivity contribution in [1.82, 2.24) is 4.90 Å². The Balaban J connectivity index is 2.01. The van der Waals surface area contributed by atoms with Crippen LogP contribution in [0.25, 0.3) is 0 Å². The smallest absolute Gasteiger partial charge is 0.306 e. The van der Waals surface area contributed by atoms with Gasteiger partial charge in [-0.25, -0.2) is 0 Å². The van der Waals surface area contributed by atoms with Crippen LogP contribution in [0.2, 0.25) is 0 Å². The summed E-state index contributed by atoms with van der Waals surface area (Å²) in [6.45, 7) is 5.19.